The maximum Gasteiger partial charge on any atom is 0.191 e. The first-order chi connectivity index (χ1) is 11.6. The van der Waals surface area contributed by atoms with Crippen molar-refractivity contribution < 1.29 is 4.74 Å². The lowest BCUT2D eigenvalue weighted by Gasteiger charge is -2.14. The van der Waals surface area contributed by atoms with Crippen LogP contribution in [0.4, 0.5) is 0 Å². The lowest BCUT2D eigenvalue weighted by Crippen LogP contribution is -2.38. The van der Waals surface area contributed by atoms with Gasteiger partial charge in [0.05, 0.1) is 13.2 Å². The summed E-state index contributed by atoms with van der Waals surface area (Å²) in [5.41, 5.74) is 2.34. The fourth-order valence-corrected chi connectivity index (χ4v) is 2.25. The predicted octanol–water partition coefficient (Wildman–Crippen LogP) is 2.79. The van der Waals surface area contributed by atoms with Gasteiger partial charge < -0.3 is 20.3 Å². The highest BCUT2D eigenvalue weighted by Crippen LogP contribution is 2.21. The molecule has 0 radical (unpaired) electrons. The van der Waals surface area contributed by atoms with E-state index >= 15 is 0 Å². The highest BCUT2D eigenvalue weighted by Gasteiger charge is 2.05. The minimum absolute atomic E-state index is 0.613. The molecule has 0 saturated carbocycles. The van der Waals surface area contributed by atoms with Gasteiger partial charge in [-0.15, -0.1) is 0 Å². The molecule has 5 heteroatoms. The summed E-state index contributed by atoms with van der Waals surface area (Å²) in [6, 6.07) is 6.32. The van der Waals surface area contributed by atoms with Gasteiger partial charge in [-0.2, -0.15) is 0 Å². The molecule has 0 fully saturated rings. The molecule has 0 amide bonds. The number of ether oxygens (including phenoxy) is 1. The van der Waals surface area contributed by atoms with Crippen LogP contribution >= 0.6 is 0 Å². The maximum atomic E-state index is 5.87. The van der Waals surface area contributed by atoms with E-state index in [-0.39, 0.29) is 0 Å². The molecule has 0 aromatic heterocycles. The number of nitrogens with zero attached hydrogens (tertiary/aromatic N) is 2. The Morgan fingerprint density at radius 1 is 1.21 bits per heavy atom. The van der Waals surface area contributed by atoms with Crippen LogP contribution in [0, 0.1) is 6.92 Å². The van der Waals surface area contributed by atoms with Crippen LogP contribution in [0.1, 0.15) is 37.8 Å². The topological polar surface area (TPSA) is 48.9 Å². The Hall–Kier alpha value is -1.75. The van der Waals surface area contributed by atoms with Crippen molar-refractivity contribution in [2.24, 2.45) is 4.99 Å². The monoisotopic (exact) mass is 334 g/mol. The summed E-state index contributed by atoms with van der Waals surface area (Å²) >= 11 is 0. The maximum absolute atomic E-state index is 5.87. The second kappa shape index (κ2) is 11.7. The standard InChI is InChI=1S/C19H34N4O/c1-6-13-24-18-14-16(3)9-10-17(18)15-22-19(20-7-2)21-11-8-12-23(4)5/h9-10,14H,6-8,11-13,15H2,1-5H3,(H2,20,21,22). The van der Waals surface area contributed by atoms with Crippen molar-refractivity contribution in [2.75, 3.05) is 40.3 Å². The second-order valence-electron chi connectivity index (χ2n) is 6.24. The molecule has 2 N–H and O–H groups in total. The van der Waals surface area contributed by atoms with Crippen LogP contribution in [0.15, 0.2) is 23.2 Å². The molecule has 0 atom stereocenters. The number of hydrogen-bond donors (Lipinski definition) is 2. The van der Waals surface area contributed by atoms with E-state index in [1.165, 1.54) is 5.56 Å². The number of nitrogens with one attached hydrogen (secondary N) is 2. The summed E-state index contributed by atoms with van der Waals surface area (Å²) < 4.78 is 5.87. The molecule has 1 rings (SSSR count). The zero-order chi connectivity index (χ0) is 17.8. The Balaban J connectivity index is 2.67. The third kappa shape index (κ3) is 8.20. The van der Waals surface area contributed by atoms with E-state index in [1.54, 1.807) is 0 Å². The average Bonchev–Trinajstić information content (AvgIpc) is 2.55. The van der Waals surface area contributed by atoms with Gasteiger partial charge in [0.2, 0.25) is 0 Å². The summed E-state index contributed by atoms with van der Waals surface area (Å²) in [5.74, 6) is 1.81. The molecule has 0 bridgehead atoms. The smallest absolute Gasteiger partial charge is 0.191 e. The number of aryl methyl sites for hydroxylation is 1. The molecule has 0 spiro atoms. The van der Waals surface area contributed by atoms with E-state index in [0.717, 1.165) is 56.4 Å². The molecular formula is C19H34N4O. The van der Waals surface area contributed by atoms with E-state index in [2.05, 4.69) is 68.6 Å². The Morgan fingerprint density at radius 2 is 2.00 bits per heavy atom. The van der Waals surface area contributed by atoms with Crippen LogP contribution < -0.4 is 15.4 Å². The van der Waals surface area contributed by atoms with Crippen LogP contribution in [0.25, 0.3) is 0 Å². The molecule has 136 valence electrons. The van der Waals surface area contributed by atoms with Crippen molar-refractivity contribution in [3.8, 4) is 5.75 Å². The van der Waals surface area contributed by atoms with Crippen molar-refractivity contribution >= 4 is 5.96 Å². The number of guanidine groups is 1. The largest absolute Gasteiger partial charge is 0.493 e. The van der Waals surface area contributed by atoms with Crippen LogP contribution in [-0.2, 0) is 6.54 Å². The molecule has 0 aliphatic carbocycles. The number of aliphatic imine (C=N–C) groups is 1. The van der Waals surface area contributed by atoms with Gasteiger partial charge in [0.25, 0.3) is 0 Å². The van der Waals surface area contributed by atoms with Crippen molar-refractivity contribution in [2.45, 2.75) is 40.2 Å². The Bertz CT molecular complexity index is 500. The summed E-state index contributed by atoms with van der Waals surface area (Å²) in [6.45, 7) is 10.5. The number of hydrogen-bond acceptors (Lipinski definition) is 3. The van der Waals surface area contributed by atoms with Gasteiger partial charge in [-0.3, -0.25) is 0 Å². The minimum atomic E-state index is 0.613. The lowest BCUT2D eigenvalue weighted by molar-refractivity contribution is 0.314. The molecule has 0 unspecified atom stereocenters. The van der Waals surface area contributed by atoms with Crippen LogP contribution in [0.5, 0.6) is 5.75 Å². The third-order valence-corrected chi connectivity index (χ3v) is 3.51. The fraction of sp³-hybridized carbons (Fsp3) is 0.632. The van der Waals surface area contributed by atoms with Gasteiger partial charge in [-0.25, -0.2) is 4.99 Å². The van der Waals surface area contributed by atoms with Gasteiger partial charge >= 0.3 is 0 Å². The highest BCUT2D eigenvalue weighted by atomic mass is 16.5. The molecule has 0 saturated heterocycles. The second-order valence-corrected chi connectivity index (χ2v) is 6.24. The average molecular weight is 335 g/mol. The predicted molar refractivity (Wildman–Crippen MR) is 103 cm³/mol. The first-order valence-corrected chi connectivity index (χ1v) is 8.96. The summed E-state index contributed by atoms with van der Waals surface area (Å²) in [4.78, 5) is 6.89. The SMILES string of the molecule is CCCOc1cc(C)ccc1CN=C(NCC)NCCCN(C)C. The molecule has 0 aliphatic heterocycles. The Kier molecular flexibility index (Phi) is 9.92. The van der Waals surface area contributed by atoms with Crippen molar-refractivity contribution in [3.63, 3.8) is 0 Å². The van der Waals surface area contributed by atoms with E-state index < -0.39 is 0 Å². The minimum Gasteiger partial charge on any atom is -0.493 e. The van der Waals surface area contributed by atoms with Crippen molar-refractivity contribution in [3.05, 3.63) is 29.3 Å². The van der Waals surface area contributed by atoms with E-state index in [0.29, 0.717) is 6.54 Å². The molecule has 1 aromatic carbocycles. The van der Waals surface area contributed by atoms with Gasteiger partial charge in [0.1, 0.15) is 5.75 Å². The lowest BCUT2D eigenvalue weighted by atomic mass is 10.1. The Morgan fingerprint density at radius 3 is 2.67 bits per heavy atom. The highest BCUT2D eigenvalue weighted by molar-refractivity contribution is 5.79. The molecule has 24 heavy (non-hydrogen) atoms. The van der Waals surface area contributed by atoms with Crippen LogP contribution in [0.3, 0.4) is 0 Å². The van der Waals surface area contributed by atoms with Crippen LogP contribution in [-0.4, -0.2) is 51.2 Å². The summed E-state index contributed by atoms with van der Waals surface area (Å²) in [6.07, 6.45) is 2.10. The van der Waals surface area contributed by atoms with E-state index in [1.807, 2.05) is 0 Å². The Labute approximate surface area is 147 Å². The van der Waals surface area contributed by atoms with Gasteiger partial charge in [-0.1, -0.05) is 19.1 Å². The normalized spacial score (nSPS) is 11.7. The molecule has 0 aliphatic rings. The third-order valence-electron chi connectivity index (χ3n) is 3.51. The van der Waals surface area contributed by atoms with Crippen molar-refractivity contribution in [1.29, 1.82) is 0 Å². The zero-order valence-electron chi connectivity index (χ0n) is 16.0. The van der Waals surface area contributed by atoms with E-state index in [9.17, 15) is 0 Å². The van der Waals surface area contributed by atoms with Crippen LogP contribution in [0.2, 0.25) is 0 Å². The van der Waals surface area contributed by atoms with Gasteiger partial charge in [0.15, 0.2) is 5.96 Å². The first-order valence-electron chi connectivity index (χ1n) is 8.96. The zero-order valence-corrected chi connectivity index (χ0v) is 16.0. The molecule has 1 aromatic rings. The molecule has 0 heterocycles. The van der Waals surface area contributed by atoms with Gasteiger partial charge in [-0.05, 0) is 59.0 Å². The quantitative estimate of drug-likeness (QED) is 0.392. The first kappa shape index (κ1) is 20.3. The van der Waals surface area contributed by atoms with Crippen molar-refractivity contribution in [1.82, 2.24) is 15.5 Å². The summed E-state index contributed by atoms with van der Waals surface area (Å²) in [5, 5.41) is 6.69. The summed E-state index contributed by atoms with van der Waals surface area (Å²) in [7, 11) is 4.18. The van der Waals surface area contributed by atoms with Gasteiger partial charge in [0, 0.05) is 18.7 Å². The number of rotatable bonds is 10. The molecular weight excluding hydrogens is 300 g/mol. The van der Waals surface area contributed by atoms with E-state index in [4.69, 9.17) is 9.73 Å². The number of benzene rings is 1. The fourth-order valence-electron chi connectivity index (χ4n) is 2.25. The molecule has 5 nitrogen and oxygen atoms in total.